The minimum Gasteiger partial charge on any atom is -0.361 e. The molecule has 3 unspecified atom stereocenters. The molecule has 0 radical (unpaired) electrons. The molecular weight excluding hydrogens is 552 g/mol. The summed E-state index contributed by atoms with van der Waals surface area (Å²) in [4.78, 5) is 17.6. The first-order valence-electron chi connectivity index (χ1n) is 16.8. The zero-order valence-corrected chi connectivity index (χ0v) is 27.3. The van der Waals surface area contributed by atoms with Crippen LogP contribution in [-0.4, -0.2) is 15.9 Å². The first kappa shape index (κ1) is 31.0. The molecule has 1 saturated carbocycles. The summed E-state index contributed by atoms with van der Waals surface area (Å²) >= 11 is 0. The first-order chi connectivity index (χ1) is 21.8. The number of rotatable bonds is 9. The highest BCUT2D eigenvalue weighted by Crippen LogP contribution is 2.43. The number of carbonyl (C=O) groups excluding carboxylic acids is 1. The summed E-state index contributed by atoms with van der Waals surface area (Å²) in [6, 6.07) is 4.06. The predicted octanol–water partition coefficient (Wildman–Crippen LogP) is 10.5. The van der Waals surface area contributed by atoms with Crippen molar-refractivity contribution in [1.82, 2.24) is 10.1 Å². The number of allylic oxidation sites excluding steroid dienone is 15. The number of hydrogen-bond acceptors (Lipinski definition) is 4. The number of Topliss-reactive ketones (excluding diaryl/α,β-unsaturated/α-hetero) is 1. The highest BCUT2D eigenvalue weighted by molar-refractivity contribution is 5.95. The van der Waals surface area contributed by atoms with Gasteiger partial charge in [-0.25, -0.2) is 0 Å². The first-order valence-corrected chi connectivity index (χ1v) is 16.8. The average Bonchev–Trinajstić information content (AvgIpc) is 3.84. The zero-order valence-electron chi connectivity index (χ0n) is 27.3. The monoisotopic (exact) mass is 598 g/mol. The maximum atomic E-state index is 12.9. The molecule has 2 aromatic rings. The molecule has 4 aliphatic rings. The third-order valence-corrected chi connectivity index (χ3v) is 9.82. The van der Waals surface area contributed by atoms with Crippen molar-refractivity contribution in [1.29, 1.82) is 0 Å². The van der Waals surface area contributed by atoms with Crippen molar-refractivity contribution < 1.29 is 9.32 Å². The fraction of sp³-hybridized carbons (Fsp3) is 0.390. The van der Waals surface area contributed by atoms with E-state index in [2.05, 4.69) is 86.3 Å². The van der Waals surface area contributed by atoms with Gasteiger partial charge in [0.2, 0.25) is 0 Å². The van der Waals surface area contributed by atoms with Crippen molar-refractivity contribution in [3.8, 4) is 0 Å². The van der Waals surface area contributed by atoms with Crippen molar-refractivity contribution in [2.24, 2.45) is 23.7 Å². The molecule has 2 aromatic heterocycles. The maximum absolute atomic E-state index is 12.9. The molecule has 0 spiro atoms. The van der Waals surface area contributed by atoms with Gasteiger partial charge in [-0.15, -0.1) is 0 Å². The van der Waals surface area contributed by atoms with E-state index in [4.69, 9.17) is 9.51 Å². The van der Waals surface area contributed by atoms with Crippen LogP contribution < -0.4 is 0 Å². The van der Waals surface area contributed by atoms with Crippen molar-refractivity contribution in [2.45, 2.75) is 79.1 Å². The van der Waals surface area contributed by atoms with Crippen LogP contribution in [0.3, 0.4) is 0 Å². The lowest BCUT2D eigenvalue weighted by atomic mass is 9.84. The summed E-state index contributed by atoms with van der Waals surface area (Å²) < 4.78 is 5.60. The maximum Gasteiger partial charge on any atom is 0.181 e. The third kappa shape index (κ3) is 7.27. The molecule has 0 aliphatic heterocycles. The molecule has 6 rings (SSSR count). The van der Waals surface area contributed by atoms with Crippen molar-refractivity contribution in [3.63, 3.8) is 0 Å². The normalized spacial score (nSPS) is 22.5. The van der Waals surface area contributed by atoms with E-state index < -0.39 is 0 Å². The molecule has 0 saturated heterocycles. The lowest BCUT2D eigenvalue weighted by Crippen LogP contribution is -2.08. The van der Waals surface area contributed by atoms with Gasteiger partial charge in [0, 0.05) is 23.7 Å². The zero-order chi connectivity index (χ0) is 31.5. The summed E-state index contributed by atoms with van der Waals surface area (Å²) in [5, 5.41) is 4.28. The standard InChI is InChI=1S/C41H46N2O2/c1-26-11-18-37-33(24-35(21-26)41-29(4)43-45-30(41)5)16-14-32(22-28(3)36-10-8-6-7-9-27(36)2)23-38(37)34-17-19-39(42-25-34)40(44)20-15-31-12-13-31/h6-10,17-19,21,23-26,28,31-32H,2,11-16,20,22H2,1,3-5H3. The van der Waals surface area contributed by atoms with Crippen molar-refractivity contribution >= 4 is 16.9 Å². The Morgan fingerprint density at radius 3 is 2.67 bits per heavy atom. The minimum absolute atomic E-state index is 0.156. The second kappa shape index (κ2) is 13.5. The quantitative estimate of drug-likeness (QED) is 0.270. The summed E-state index contributed by atoms with van der Waals surface area (Å²) in [6.07, 6.45) is 30.3. The Kier molecular flexibility index (Phi) is 9.30. The summed E-state index contributed by atoms with van der Waals surface area (Å²) in [5.74, 6) is 2.85. The molecule has 4 nitrogen and oxygen atoms in total. The molecule has 1 fully saturated rings. The van der Waals surface area contributed by atoms with E-state index in [1.807, 2.05) is 26.1 Å². The summed E-state index contributed by atoms with van der Waals surface area (Å²) in [6.45, 7) is 13.0. The van der Waals surface area contributed by atoms with E-state index in [0.717, 1.165) is 66.2 Å². The van der Waals surface area contributed by atoms with E-state index in [9.17, 15) is 4.79 Å². The summed E-state index contributed by atoms with van der Waals surface area (Å²) in [5.41, 5.74) is 11.1. The van der Waals surface area contributed by atoms with E-state index in [-0.39, 0.29) is 5.78 Å². The Hall–Kier alpha value is -4.05. The van der Waals surface area contributed by atoms with Gasteiger partial charge in [0.05, 0.1) is 5.69 Å². The molecule has 232 valence electrons. The van der Waals surface area contributed by atoms with E-state index >= 15 is 0 Å². The van der Waals surface area contributed by atoms with Crippen LogP contribution in [0.15, 0.2) is 106 Å². The number of fused-ring (bicyclic) bond motifs is 1. The van der Waals surface area contributed by atoms with Gasteiger partial charge in [-0.1, -0.05) is 99.2 Å². The number of hydrogen-bond donors (Lipinski definition) is 0. The molecule has 2 heterocycles. The van der Waals surface area contributed by atoms with Gasteiger partial charge in [0.25, 0.3) is 0 Å². The Labute approximate surface area is 268 Å². The Bertz CT molecular complexity index is 1660. The van der Waals surface area contributed by atoms with E-state index in [1.165, 1.54) is 40.7 Å². The van der Waals surface area contributed by atoms with Crippen LogP contribution >= 0.6 is 0 Å². The number of ketones is 1. The molecule has 4 heteroatoms. The second-order valence-electron chi connectivity index (χ2n) is 13.6. The largest absolute Gasteiger partial charge is 0.361 e. The summed E-state index contributed by atoms with van der Waals surface area (Å²) in [7, 11) is 0. The van der Waals surface area contributed by atoms with Crippen LogP contribution in [0.4, 0.5) is 0 Å². The SMILES string of the molecule is C=C1C=CC=CC=C1C(C)CC1C=C(c2ccc(C(=O)CCC3CC3)nc2)C2=CCC(C)C=C(c3c(C)noc3C)C=C2CC1. The van der Waals surface area contributed by atoms with Gasteiger partial charge in [-0.2, -0.15) is 0 Å². The minimum atomic E-state index is 0.156. The Balaban J connectivity index is 1.37. The van der Waals surface area contributed by atoms with Crippen LogP contribution in [0.2, 0.25) is 0 Å². The number of aromatic nitrogens is 2. The lowest BCUT2D eigenvalue weighted by molar-refractivity contribution is 0.0973. The molecule has 3 atom stereocenters. The average molecular weight is 599 g/mol. The van der Waals surface area contributed by atoms with E-state index in [1.54, 1.807) is 0 Å². The van der Waals surface area contributed by atoms with Gasteiger partial charge in [-0.3, -0.25) is 9.78 Å². The van der Waals surface area contributed by atoms with Gasteiger partial charge in [-0.05, 0) is 109 Å². The van der Waals surface area contributed by atoms with Crippen LogP contribution in [0.5, 0.6) is 0 Å². The lowest BCUT2D eigenvalue weighted by Gasteiger charge is -2.21. The molecular formula is C41H46N2O2. The molecule has 45 heavy (non-hydrogen) atoms. The van der Waals surface area contributed by atoms with Gasteiger partial charge >= 0.3 is 0 Å². The predicted molar refractivity (Wildman–Crippen MR) is 184 cm³/mol. The molecule has 4 aliphatic carbocycles. The molecule has 0 bridgehead atoms. The van der Waals surface area contributed by atoms with Crippen LogP contribution in [0, 0.1) is 37.5 Å². The topological polar surface area (TPSA) is 56.0 Å². The van der Waals surface area contributed by atoms with Gasteiger partial charge in [0.1, 0.15) is 11.5 Å². The number of carbonyl (C=O) groups is 1. The smallest absolute Gasteiger partial charge is 0.181 e. The molecule has 0 amide bonds. The van der Waals surface area contributed by atoms with Crippen molar-refractivity contribution in [2.75, 3.05) is 0 Å². The van der Waals surface area contributed by atoms with Crippen LogP contribution in [-0.2, 0) is 0 Å². The fourth-order valence-electron chi connectivity index (χ4n) is 7.10. The molecule has 0 N–H and O–H groups in total. The fourth-order valence-corrected chi connectivity index (χ4v) is 7.10. The highest BCUT2D eigenvalue weighted by Gasteiger charge is 2.27. The number of nitrogens with zero attached hydrogens (tertiary/aromatic N) is 2. The number of aryl methyl sites for hydroxylation is 2. The third-order valence-electron chi connectivity index (χ3n) is 9.82. The second-order valence-corrected chi connectivity index (χ2v) is 13.6. The molecule has 0 aromatic carbocycles. The highest BCUT2D eigenvalue weighted by atomic mass is 16.5. The van der Waals surface area contributed by atoms with Crippen LogP contribution in [0.25, 0.3) is 11.1 Å². The van der Waals surface area contributed by atoms with Crippen molar-refractivity contribution in [3.05, 3.63) is 130 Å². The number of pyridine rings is 1. The van der Waals surface area contributed by atoms with Crippen LogP contribution in [0.1, 0.15) is 98.3 Å². The van der Waals surface area contributed by atoms with Gasteiger partial charge < -0.3 is 4.52 Å². The Morgan fingerprint density at radius 1 is 1.09 bits per heavy atom. The van der Waals surface area contributed by atoms with Gasteiger partial charge in [0.15, 0.2) is 5.78 Å². The Morgan fingerprint density at radius 2 is 1.93 bits per heavy atom. The van der Waals surface area contributed by atoms with E-state index in [0.29, 0.717) is 29.9 Å².